The highest BCUT2D eigenvalue weighted by Crippen LogP contribution is 2.40. The molecule has 0 saturated carbocycles. The zero-order valence-electron chi connectivity index (χ0n) is 11.0. The van der Waals surface area contributed by atoms with Crippen LogP contribution in [0.3, 0.4) is 0 Å². The number of ether oxygens (including phenoxy) is 2. The molecule has 100 valence electrons. The first kappa shape index (κ1) is 12.5. The van der Waals surface area contributed by atoms with Crippen LogP contribution in [0.1, 0.15) is 18.4 Å². The first-order valence-corrected chi connectivity index (χ1v) is 6.83. The maximum absolute atomic E-state index is 9.88. The fraction of sp³-hybridized carbons (Fsp3) is 0.533. The molecule has 0 spiro atoms. The van der Waals surface area contributed by atoms with E-state index in [1.165, 1.54) is 0 Å². The summed E-state index contributed by atoms with van der Waals surface area (Å²) in [7, 11) is 0. The second-order valence-electron chi connectivity index (χ2n) is 5.02. The van der Waals surface area contributed by atoms with Gasteiger partial charge in [0.1, 0.15) is 11.3 Å². The fourth-order valence-electron chi connectivity index (χ4n) is 3.04. The highest BCUT2D eigenvalue weighted by atomic mass is 16.5. The van der Waals surface area contributed by atoms with Gasteiger partial charge in [-0.25, -0.2) is 0 Å². The molecule has 0 aromatic heterocycles. The van der Waals surface area contributed by atoms with Crippen LogP contribution < -0.4 is 4.74 Å². The second kappa shape index (κ2) is 5.20. The molecule has 0 bridgehead atoms. The van der Waals surface area contributed by atoms with Gasteiger partial charge in [-0.3, -0.25) is 4.90 Å². The summed E-state index contributed by atoms with van der Waals surface area (Å²) in [5.74, 6) is 0.855. The number of nitriles is 1. The molecule has 0 radical (unpaired) electrons. The van der Waals surface area contributed by atoms with Gasteiger partial charge in [0, 0.05) is 18.7 Å². The van der Waals surface area contributed by atoms with Crippen LogP contribution in [0.4, 0.5) is 0 Å². The zero-order chi connectivity index (χ0) is 13.1. The van der Waals surface area contributed by atoms with Crippen molar-refractivity contribution >= 4 is 0 Å². The minimum Gasteiger partial charge on any atom is -0.493 e. The lowest BCUT2D eigenvalue weighted by Gasteiger charge is -2.40. The minimum absolute atomic E-state index is 0.559. The molecule has 2 heterocycles. The standard InChI is InChI=1S/C15H18N2O2/c16-12-15(17-7-10-18-11-8-17)6-3-9-19-14-5-2-1-4-13(14)15/h1-2,4-5H,3,6-11H2. The van der Waals surface area contributed by atoms with E-state index in [0.29, 0.717) is 19.8 Å². The van der Waals surface area contributed by atoms with Crippen molar-refractivity contribution in [3.63, 3.8) is 0 Å². The summed E-state index contributed by atoms with van der Waals surface area (Å²) in [5, 5.41) is 9.88. The summed E-state index contributed by atoms with van der Waals surface area (Å²) in [6.45, 7) is 3.70. The fourth-order valence-corrected chi connectivity index (χ4v) is 3.04. The van der Waals surface area contributed by atoms with Gasteiger partial charge in [0.05, 0.1) is 25.9 Å². The molecule has 1 saturated heterocycles. The molecule has 1 aromatic rings. The van der Waals surface area contributed by atoms with E-state index in [4.69, 9.17) is 9.47 Å². The van der Waals surface area contributed by atoms with Crippen molar-refractivity contribution in [1.82, 2.24) is 4.90 Å². The molecule has 4 heteroatoms. The number of para-hydroxylation sites is 1. The van der Waals surface area contributed by atoms with Gasteiger partial charge in [-0.2, -0.15) is 5.26 Å². The lowest BCUT2D eigenvalue weighted by atomic mass is 9.84. The van der Waals surface area contributed by atoms with E-state index in [1.54, 1.807) is 0 Å². The number of rotatable bonds is 1. The zero-order valence-corrected chi connectivity index (χ0v) is 11.0. The van der Waals surface area contributed by atoms with E-state index in [1.807, 2.05) is 24.3 Å². The van der Waals surface area contributed by atoms with Gasteiger partial charge in [0.2, 0.25) is 0 Å². The molecule has 19 heavy (non-hydrogen) atoms. The summed E-state index contributed by atoms with van der Waals surface area (Å²) >= 11 is 0. The Kier molecular flexibility index (Phi) is 3.41. The smallest absolute Gasteiger partial charge is 0.138 e. The Morgan fingerprint density at radius 3 is 2.74 bits per heavy atom. The highest BCUT2D eigenvalue weighted by molar-refractivity contribution is 5.44. The Labute approximate surface area is 113 Å². The Morgan fingerprint density at radius 2 is 1.95 bits per heavy atom. The normalized spacial score (nSPS) is 27.7. The van der Waals surface area contributed by atoms with Gasteiger partial charge in [0.15, 0.2) is 0 Å². The summed E-state index contributed by atoms with van der Waals surface area (Å²) in [5.41, 5.74) is 0.452. The van der Waals surface area contributed by atoms with Gasteiger partial charge in [-0.1, -0.05) is 18.2 Å². The molecular weight excluding hydrogens is 240 g/mol. The number of fused-ring (bicyclic) bond motifs is 1. The maximum atomic E-state index is 9.88. The number of hydrogen-bond donors (Lipinski definition) is 0. The van der Waals surface area contributed by atoms with E-state index in [9.17, 15) is 5.26 Å². The molecule has 1 fully saturated rings. The summed E-state index contributed by atoms with van der Waals surface area (Å²) in [6, 6.07) is 10.5. The molecule has 4 nitrogen and oxygen atoms in total. The van der Waals surface area contributed by atoms with Crippen LogP contribution in [0, 0.1) is 11.3 Å². The van der Waals surface area contributed by atoms with Gasteiger partial charge >= 0.3 is 0 Å². The van der Waals surface area contributed by atoms with Crippen molar-refractivity contribution in [2.75, 3.05) is 32.9 Å². The van der Waals surface area contributed by atoms with E-state index in [-0.39, 0.29) is 0 Å². The molecule has 1 aromatic carbocycles. The quantitative estimate of drug-likeness (QED) is 0.772. The maximum Gasteiger partial charge on any atom is 0.138 e. The molecule has 1 atom stereocenters. The third-order valence-corrected chi connectivity index (χ3v) is 4.01. The highest BCUT2D eigenvalue weighted by Gasteiger charge is 2.42. The molecule has 2 aliphatic rings. The molecule has 3 rings (SSSR count). The van der Waals surface area contributed by atoms with Gasteiger partial charge in [0.25, 0.3) is 0 Å². The van der Waals surface area contributed by atoms with E-state index in [2.05, 4.69) is 11.0 Å². The molecule has 1 unspecified atom stereocenters. The van der Waals surface area contributed by atoms with Crippen molar-refractivity contribution in [3.8, 4) is 11.8 Å². The second-order valence-corrected chi connectivity index (χ2v) is 5.02. The van der Waals surface area contributed by atoms with Crippen LogP contribution in [-0.2, 0) is 10.3 Å². The topological polar surface area (TPSA) is 45.5 Å². The molecule has 0 N–H and O–H groups in total. The van der Waals surface area contributed by atoms with E-state index >= 15 is 0 Å². The molecule has 2 aliphatic heterocycles. The molecule has 0 aliphatic carbocycles. The van der Waals surface area contributed by atoms with E-state index in [0.717, 1.165) is 37.2 Å². The number of benzene rings is 1. The van der Waals surface area contributed by atoms with Crippen molar-refractivity contribution in [2.24, 2.45) is 0 Å². The average Bonchev–Trinajstić information content (AvgIpc) is 2.68. The predicted molar refractivity (Wildman–Crippen MR) is 70.9 cm³/mol. The van der Waals surface area contributed by atoms with Crippen molar-refractivity contribution in [3.05, 3.63) is 29.8 Å². The Hall–Kier alpha value is -1.57. The van der Waals surface area contributed by atoms with Crippen LogP contribution in [0.25, 0.3) is 0 Å². The van der Waals surface area contributed by atoms with Crippen molar-refractivity contribution in [2.45, 2.75) is 18.4 Å². The lowest BCUT2D eigenvalue weighted by Crippen LogP contribution is -2.50. The number of hydrogen-bond acceptors (Lipinski definition) is 4. The first-order valence-electron chi connectivity index (χ1n) is 6.83. The van der Waals surface area contributed by atoms with E-state index < -0.39 is 5.54 Å². The van der Waals surface area contributed by atoms with Crippen LogP contribution >= 0.6 is 0 Å². The van der Waals surface area contributed by atoms with Crippen LogP contribution in [-0.4, -0.2) is 37.8 Å². The minimum atomic E-state index is -0.559. The van der Waals surface area contributed by atoms with Gasteiger partial charge < -0.3 is 9.47 Å². The Balaban J connectivity index is 2.06. The first-order chi connectivity index (χ1) is 9.37. The lowest BCUT2D eigenvalue weighted by molar-refractivity contribution is -0.00763. The molecule has 0 amide bonds. The third kappa shape index (κ3) is 2.09. The summed E-state index contributed by atoms with van der Waals surface area (Å²) < 4.78 is 11.2. The monoisotopic (exact) mass is 258 g/mol. The Bertz CT molecular complexity index is 491. The summed E-state index contributed by atoms with van der Waals surface area (Å²) in [6.07, 6.45) is 1.72. The van der Waals surface area contributed by atoms with Crippen molar-refractivity contribution < 1.29 is 9.47 Å². The molecular formula is C15H18N2O2. The number of morpholine rings is 1. The average molecular weight is 258 g/mol. The van der Waals surface area contributed by atoms with Gasteiger partial charge in [-0.05, 0) is 18.9 Å². The third-order valence-electron chi connectivity index (χ3n) is 4.01. The SMILES string of the molecule is N#CC1(N2CCOCC2)CCCOc2ccccc21. The van der Waals surface area contributed by atoms with Crippen molar-refractivity contribution in [1.29, 1.82) is 5.26 Å². The van der Waals surface area contributed by atoms with Gasteiger partial charge in [-0.15, -0.1) is 0 Å². The van der Waals surface area contributed by atoms with Crippen LogP contribution in [0.5, 0.6) is 5.75 Å². The van der Waals surface area contributed by atoms with Crippen LogP contribution in [0.15, 0.2) is 24.3 Å². The van der Waals surface area contributed by atoms with Crippen LogP contribution in [0.2, 0.25) is 0 Å². The summed E-state index contributed by atoms with van der Waals surface area (Å²) in [4.78, 5) is 2.25. The Morgan fingerprint density at radius 1 is 1.16 bits per heavy atom. The number of nitrogens with zero attached hydrogens (tertiary/aromatic N) is 2. The predicted octanol–water partition coefficient (Wildman–Crippen LogP) is 1.91. The largest absolute Gasteiger partial charge is 0.493 e.